The molecule has 4 heteroatoms. The molecule has 0 saturated carbocycles. The molecule has 0 aromatic heterocycles. The standard InChI is InChI=1S/C23H31N3O/c1-15(2)19-12-8-9-16(3)22(19)25-23(27)17(4)26-13-20(21(24)14-26)18-10-6-5-7-11-18/h5-12,15,17,20-21H,13-14,24H2,1-4H3,(H,25,27)/t17?,20-,21+/m0/s1. The number of nitrogens with two attached hydrogens (primary N) is 1. The van der Waals surface area contributed by atoms with Gasteiger partial charge in [-0.25, -0.2) is 0 Å². The number of aryl methyl sites for hydroxylation is 1. The molecular weight excluding hydrogens is 334 g/mol. The smallest absolute Gasteiger partial charge is 0.241 e. The Bertz CT molecular complexity index is 787. The van der Waals surface area contributed by atoms with Crippen LogP contribution in [0, 0.1) is 6.92 Å². The first-order chi connectivity index (χ1) is 12.9. The molecule has 4 nitrogen and oxygen atoms in total. The molecule has 1 fully saturated rings. The van der Waals surface area contributed by atoms with Crippen LogP contribution >= 0.6 is 0 Å². The fourth-order valence-corrected chi connectivity index (χ4v) is 3.97. The number of benzene rings is 2. The van der Waals surface area contributed by atoms with Gasteiger partial charge in [-0.15, -0.1) is 0 Å². The Balaban J connectivity index is 1.72. The maximum absolute atomic E-state index is 13.0. The molecule has 3 rings (SSSR count). The average molecular weight is 366 g/mol. The van der Waals surface area contributed by atoms with Gasteiger partial charge in [-0.2, -0.15) is 0 Å². The number of nitrogens with one attached hydrogen (secondary N) is 1. The van der Waals surface area contributed by atoms with Crippen molar-refractivity contribution in [1.29, 1.82) is 0 Å². The van der Waals surface area contributed by atoms with Gasteiger partial charge >= 0.3 is 0 Å². The van der Waals surface area contributed by atoms with Crippen LogP contribution in [-0.4, -0.2) is 36.0 Å². The van der Waals surface area contributed by atoms with Crippen LogP contribution in [0.4, 0.5) is 5.69 Å². The van der Waals surface area contributed by atoms with Gasteiger partial charge in [0.15, 0.2) is 0 Å². The summed E-state index contributed by atoms with van der Waals surface area (Å²) in [5.74, 6) is 0.663. The number of carbonyl (C=O) groups is 1. The molecule has 1 aliphatic rings. The van der Waals surface area contributed by atoms with Crippen LogP contribution < -0.4 is 11.1 Å². The van der Waals surface area contributed by atoms with Crippen molar-refractivity contribution in [1.82, 2.24) is 4.90 Å². The van der Waals surface area contributed by atoms with E-state index in [4.69, 9.17) is 5.73 Å². The zero-order valence-electron chi connectivity index (χ0n) is 16.8. The van der Waals surface area contributed by atoms with Crippen molar-refractivity contribution in [3.05, 3.63) is 65.2 Å². The number of carbonyl (C=O) groups excluding carboxylic acids is 1. The Hall–Kier alpha value is -2.17. The Morgan fingerprint density at radius 1 is 1.07 bits per heavy atom. The molecule has 27 heavy (non-hydrogen) atoms. The van der Waals surface area contributed by atoms with E-state index >= 15 is 0 Å². The Labute approximate surface area is 162 Å². The quantitative estimate of drug-likeness (QED) is 0.845. The normalized spacial score (nSPS) is 21.4. The topological polar surface area (TPSA) is 58.4 Å². The number of amides is 1. The van der Waals surface area contributed by atoms with Crippen LogP contribution in [-0.2, 0) is 4.79 Å². The van der Waals surface area contributed by atoms with Crippen LogP contribution in [0.5, 0.6) is 0 Å². The maximum Gasteiger partial charge on any atom is 0.241 e. The minimum Gasteiger partial charge on any atom is -0.326 e. The first kappa shape index (κ1) is 19.6. The van der Waals surface area contributed by atoms with Crippen molar-refractivity contribution in [2.24, 2.45) is 5.73 Å². The minimum absolute atomic E-state index is 0.0344. The molecule has 1 aliphatic heterocycles. The van der Waals surface area contributed by atoms with Crippen LogP contribution in [0.15, 0.2) is 48.5 Å². The molecule has 0 spiro atoms. The number of nitrogens with zero attached hydrogens (tertiary/aromatic N) is 1. The van der Waals surface area contributed by atoms with Crippen LogP contribution in [0.25, 0.3) is 0 Å². The van der Waals surface area contributed by atoms with Crippen LogP contribution in [0.2, 0.25) is 0 Å². The summed E-state index contributed by atoms with van der Waals surface area (Å²) in [5.41, 5.74) is 10.9. The molecule has 1 unspecified atom stereocenters. The van der Waals surface area contributed by atoms with Gasteiger partial charge in [-0.3, -0.25) is 9.69 Å². The fraction of sp³-hybridized carbons (Fsp3) is 0.435. The maximum atomic E-state index is 13.0. The SMILES string of the molecule is Cc1cccc(C(C)C)c1NC(=O)C(C)N1C[C@@H](N)[C@H](c2ccccc2)C1. The lowest BCUT2D eigenvalue weighted by molar-refractivity contribution is -0.120. The van der Waals surface area contributed by atoms with Gasteiger partial charge in [-0.05, 0) is 36.5 Å². The summed E-state index contributed by atoms with van der Waals surface area (Å²) < 4.78 is 0. The Kier molecular flexibility index (Phi) is 5.98. The van der Waals surface area contributed by atoms with E-state index in [1.165, 1.54) is 11.1 Å². The van der Waals surface area contributed by atoms with Gasteiger partial charge in [0.05, 0.1) is 6.04 Å². The number of hydrogen-bond acceptors (Lipinski definition) is 3. The predicted molar refractivity (Wildman–Crippen MR) is 112 cm³/mol. The largest absolute Gasteiger partial charge is 0.326 e. The highest BCUT2D eigenvalue weighted by Gasteiger charge is 2.35. The first-order valence-corrected chi connectivity index (χ1v) is 9.83. The van der Waals surface area contributed by atoms with Gasteiger partial charge in [-0.1, -0.05) is 62.4 Å². The summed E-state index contributed by atoms with van der Waals surface area (Å²) >= 11 is 0. The van der Waals surface area contributed by atoms with Crippen molar-refractivity contribution < 1.29 is 4.79 Å². The van der Waals surface area contributed by atoms with Crippen molar-refractivity contribution in [3.8, 4) is 0 Å². The van der Waals surface area contributed by atoms with E-state index in [0.29, 0.717) is 5.92 Å². The second-order valence-electron chi connectivity index (χ2n) is 7.99. The fourth-order valence-electron chi connectivity index (χ4n) is 3.97. The average Bonchev–Trinajstić information content (AvgIpc) is 3.04. The monoisotopic (exact) mass is 365 g/mol. The third-order valence-electron chi connectivity index (χ3n) is 5.72. The lowest BCUT2D eigenvalue weighted by Gasteiger charge is -2.25. The number of para-hydroxylation sites is 1. The summed E-state index contributed by atoms with van der Waals surface area (Å²) in [6.07, 6.45) is 0. The molecule has 144 valence electrons. The van der Waals surface area contributed by atoms with Crippen LogP contribution in [0.1, 0.15) is 49.3 Å². The second kappa shape index (κ2) is 8.24. The Morgan fingerprint density at radius 2 is 1.78 bits per heavy atom. The summed E-state index contributed by atoms with van der Waals surface area (Å²) in [6.45, 7) is 9.87. The first-order valence-electron chi connectivity index (χ1n) is 9.83. The second-order valence-corrected chi connectivity index (χ2v) is 7.99. The minimum atomic E-state index is -0.218. The van der Waals surface area contributed by atoms with Gasteiger partial charge in [0.25, 0.3) is 0 Å². The van der Waals surface area contributed by atoms with Crippen molar-refractivity contribution in [2.45, 2.75) is 51.6 Å². The highest BCUT2D eigenvalue weighted by atomic mass is 16.2. The van der Waals surface area contributed by atoms with Crippen molar-refractivity contribution in [3.63, 3.8) is 0 Å². The molecular formula is C23H31N3O. The summed E-state index contributed by atoms with van der Waals surface area (Å²) in [7, 11) is 0. The van der Waals surface area contributed by atoms with Crippen molar-refractivity contribution >= 4 is 11.6 Å². The predicted octanol–water partition coefficient (Wildman–Crippen LogP) is 3.87. The highest BCUT2D eigenvalue weighted by Crippen LogP contribution is 2.30. The molecule has 0 radical (unpaired) electrons. The molecule has 3 N–H and O–H groups in total. The van der Waals surface area contributed by atoms with E-state index in [-0.39, 0.29) is 23.9 Å². The zero-order chi connectivity index (χ0) is 19.6. The lowest BCUT2D eigenvalue weighted by atomic mass is 9.95. The van der Waals surface area contributed by atoms with E-state index in [9.17, 15) is 4.79 Å². The molecule has 2 aromatic rings. The van der Waals surface area contributed by atoms with Crippen LogP contribution in [0.3, 0.4) is 0 Å². The van der Waals surface area contributed by atoms with Crippen molar-refractivity contribution in [2.75, 3.05) is 18.4 Å². The molecule has 0 aliphatic carbocycles. The highest BCUT2D eigenvalue weighted by molar-refractivity contribution is 5.96. The van der Waals surface area contributed by atoms with E-state index < -0.39 is 0 Å². The number of rotatable bonds is 5. The molecule has 3 atom stereocenters. The van der Waals surface area contributed by atoms with E-state index in [1.807, 2.05) is 44.2 Å². The number of anilines is 1. The zero-order valence-corrected chi connectivity index (χ0v) is 16.8. The third-order valence-corrected chi connectivity index (χ3v) is 5.72. The summed E-state index contributed by atoms with van der Waals surface area (Å²) in [6, 6.07) is 16.4. The summed E-state index contributed by atoms with van der Waals surface area (Å²) in [4.78, 5) is 15.2. The van der Waals surface area contributed by atoms with Gasteiger partial charge < -0.3 is 11.1 Å². The Morgan fingerprint density at radius 3 is 2.44 bits per heavy atom. The molecule has 1 saturated heterocycles. The van der Waals surface area contributed by atoms with E-state index in [2.05, 4.69) is 42.3 Å². The van der Waals surface area contributed by atoms with Gasteiger partial charge in [0.2, 0.25) is 5.91 Å². The third kappa shape index (κ3) is 4.23. The summed E-state index contributed by atoms with van der Waals surface area (Å²) in [5, 5.41) is 3.18. The molecule has 2 aromatic carbocycles. The lowest BCUT2D eigenvalue weighted by Crippen LogP contribution is -2.42. The van der Waals surface area contributed by atoms with Gasteiger partial charge in [0, 0.05) is 30.7 Å². The van der Waals surface area contributed by atoms with Gasteiger partial charge in [0.1, 0.15) is 0 Å². The van der Waals surface area contributed by atoms with E-state index in [0.717, 1.165) is 24.3 Å². The molecule has 1 heterocycles. The van der Waals surface area contributed by atoms with E-state index in [1.54, 1.807) is 0 Å². The molecule has 1 amide bonds. The molecule has 0 bridgehead atoms. The number of hydrogen-bond donors (Lipinski definition) is 2. The number of likely N-dealkylation sites (tertiary alicyclic amines) is 1.